The standard InChI is InChI=1S/C19H26N2O4S/c1-12-17(22)20-15-7-14(5-6-16(15)25-12)26(23,24)21-11-19(4)9-13(21)8-18(2,3)10-19/h5-7,12-13H,8-11H2,1-4H3,(H,20,22). The summed E-state index contributed by atoms with van der Waals surface area (Å²) >= 11 is 0. The average Bonchev–Trinajstić information content (AvgIpc) is 2.77. The largest absolute Gasteiger partial charge is 0.479 e. The van der Waals surface area contributed by atoms with Crippen LogP contribution in [0.4, 0.5) is 5.69 Å². The van der Waals surface area contributed by atoms with Gasteiger partial charge in [-0.15, -0.1) is 0 Å². The van der Waals surface area contributed by atoms with E-state index in [0.29, 0.717) is 18.0 Å². The van der Waals surface area contributed by atoms with E-state index in [-0.39, 0.29) is 27.7 Å². The highest BCUT2D eigenvalue weighted by Crippen LogP contribution is 2.53. The molecule has 2 heterocycles. The van der Waals surface area contributed by atoms with Gasteiger partial charge in [-0.3, -0.25) is 4.79 Å². The first-order chi connectivity index (χ1) is 12.0. The van der Waals surface area contributed by atoms with Gasteiger partial charge in [0.2, 0.25) is 10.0 Å². The molecule has 1 saturated heterocycles. The Morgan fingerprint density at radius 3 is 2.69 bits per heavy atom. The summed E-state index contributed by atoms with van der Waals surface area (Å²) in [6.45, 7) is 8.86. The molecule has 1 aromatic rings. The van der Waals surface area contributed by atoms with Gasteiger partial charge in [0.1, 0.15) is 5.75 Å². The lowest BCUT2D eigenvalue weighted by Crippen LogP contribution is -2.38. The van der Waals surface area contributed by atoms with Gasteiger partial charge in [-0.1, -0.05) is 20.8 Å². The number of hydrogen-bond acceptors (Lipinski definition) is 4. The second-order valence-electron chi connectivity index (χ2n) is 9.17. The molecule has 3 unspecified atom stereocenters. The highest BCUT2D eigenvalue weighted by molar-refractivity contribution is 7.89. The second kappa shape index (κ2) is 5.45. The van der Waals surface area contributed by atoms with E-state index in [1.54, 1.807) is 23.4 Å². The molecule has 1 aromatic carbocycles. The van der Waals surface area contributed by atoms with Crippen molar-refractivity contribution in [1.29, 1.82) is 0 Å². The highest BCUT2D eigenvalue weighted by Gasteiger charge is 2.53. The van der Waals surface area contributed by atoms with Gasteiger partial charge in [0, 0.05) is 12.6 Å². The number of anilines is 1. The summed E-state index contributed by atoms with van der Waals surface area (Å²) in [5, 5.41) is 2.73. The number of hydrogen-bond donors (Lipinski definition) is 1. The number of amides is 1. The summed E-state index contributed by atoms with van der Waals surface area (Å²) in [5.41, 5.74) is 0.596. The Kier molecular flexibility index (Phi) is 3.73. The van der Waals surface area contributed by atoms with Gasteiger partial charge in [-0.25, -0.2) is 8.42 Å². The van der Waals surface area contributed by atoms with Crippen LogP contribution >= 0.6 is 0 Å². The van der Waals surface area contributed by atoms with Crippen LogP contribution in [0, 0.1) is 10.8 Å². The number of nitrogens with one attached hydrogen (secondary N) is 1. The van der Waals surface area contributed by atoms with E-state index in [2.05, 4.69) is 26.1 Å². The quantitative estimate of drug-likeness (QED) is 0.858. The molecule has 1 amide bonds. The number of carbonyl (C=O) groups excluding carboxylic acids is 1. The number of ether oxygens (including phenoxy) is 1. The normalized spacial score (nSPS) is 33.3. The van der Waals surface area contributed by atoms with Gasteiger partial charge < -0.3 is 10.1 Å². The summed E-state index contributed by atoms with van der Waals surface area (Å²) in [7, 11) is -3.62. The Morgan fingerprint density at radius 1 is 1.23 bits per heavy atom. The van der Waals surface area contributed by atoms with E-state index in [0.717, 1.165) is 19.3 Å². The molecule has 6 nitrogen and oxygen atoms in total. The maximum atomic E-state index is 13.3. The molecular weight excluding hydrogens is 352 g/mol. The summed E-state index contributed by atoms with van der Waals surface area (Å²) in [6, 6.07) is 4.76. The lowest BCUT2D eigenvalue weighted by molar-refractivity contribution is -0.122. The van der Waals surface area contributed by atoms with Crippen molar-refractivity contribution in [1.82, 2.24) is 4.31 Å². The van der Waals surface area contributed by atoms with Crippen molar-refractivity contribution in [2.75, 3.05) is 11.9 Å². The van der Waals surface area contributed by atoms with E-state index in [1.165, 1.54) is 6.07 Å². The topological polar surface area (TPSA) is 75.7 Å². The number of fused-ring (bicyclic) bond motifs is 3. The Bertz CT molecular complexity index is 880. The first-order valence-corrected chi connectivity index (χ1v) is 10.6. The molecule has 4 rings (SSSR count). The number of carbonyl (C=O) groups is 1. The molecule has 1 saturated carbocycles. The third kappa shape index (κ3) is 2.81. The number of nitrogens with zero attached hydrogens (tertiary/aromatic N) is 1. The lowest BCUT2D eigenvalue weighted by atomic mass is 9.65. The molecular formula is C19H26N2O4S. The van der Waals surface area contributed by atoms with E-state index in [1.807, 2.05) is 0 Å². The van der Waals surface area contributed by atoms with E-state index in [9.17, 15) is 13.2 Å². The van der Waals surface area contributed by atoms with Gasteiger partial charge in [0.05, 0.1) is 10.6 Å². The monoisotopic (exact) mass is 378 g/mol. The van der Waals surface area contributed by atoms with Crippen molar-refractivity contribution in [3.8, 4) is 5.75 Å². The fourth-order valence-electron chi connectivity index (χ4n) is 5.17. The SMILES string of the molecule is CC1Oc2ccc(S(=O)(=O)N3CC4(C)CC3CC(C)(C)C4)cc2NC1=O. The number of rotatable bonds is 2. The van der Waals surface area contributed by atoms with Crippen LogP contribution in [0.3, 0.4) is 0 Å². The van der Waals surface area contributed by atoms with Crippen LogP contribution < -0.4 is 10.1 Å². The minimum Gasteiger partial charge on any atom is -0.479 e. The van der Waals surface area contributed by atoms with Gasteiger partial charge >= 0.3 is 0 Å². The zero-order valence-corrected chi connectivity index (χ0v) is 16.5. The Morgan fingerprint density at radius 2 is 1.96 bits per heavy atom. The van der Waals surface area contributed by atoms with Gasteiger partial charge in [0.15, 0.2) is 6.10 Å². The minimum absolute atomic E-state index is 0.0282. The zero-order valence-electron chi connectivity index (χ0n) is 15.7. The van der Waals surface area contributed by atoms with Crippen LogP contribution in [0.25, 0.3) is 0 Å². The van der Waals surface area contributed by atoms with Crippen LogP contribution in [0.15, 0.2) is 23.1 Å². The second-order valence-corrected chi connectivity index (χ2v) is 11.1. The van der Waals surface area contributed by atoms with Crippen LogP contribution in [0.2, 0.25) is 0 Å². The number of benzene rings is 1. The highest BCUT2D eigenvalue weighted by atomic mass is 32.2. The average molecular weight is 378 g/mol. The van der Waals surface area contributed by atoms with Crippen molar-refractivity contribution in [3.05, 3.63) is 18.2 Å². The predicted molar refractivity (Wildman–Crippen MR) is 98.6 cm³/mol. The molecule has 2 bridgehead atoms. The van der Waals surface area contributed by atoms with Gasteiger partial charge in [0.25, 0.3) is 5.91 Å². The van der Waals surface area contributed by atoms with Crippen molar-refractivity contribution < 1.29 is 17.9 Å². The third-order valence-electron chi connectivity index (χ3n) is 5.86. The molecule has 2 aliphatic heterocycles. The Hall–Kier alpha value is -1.60. The van der Waals surface area contributed by atoms with Crippen molar-refractivity contribution in [2.45, 2.75) is 64.0 Å². The van der Waals surface area contributed by atoms with E-state index >= 15 is 0 Å². The van der Waals surface area contributed by atoms with Crippen LogP contribution in [-0.2, 0) is 14.8 Å². The molecule has 0 radical (unpaired) electrons. The van der Waals surface area contributed by atoms with Gasteiger partial charge in [-0.2, -0.15) is 4.31 Å². The summed E-state index contributed by atoms with van der Waals surface area (Å²) in [4.78, 5) is 12.1. The Labute approximate surface area is 155 Å². The molecule has 1 N–H and O–H groups in total. The molecule has 7 heteroatoms. The van der Waals surface area contributed by atoms with Crippen molar-refractivity contribution in [3.63, 3.8) is 0 Å². The fourth-order valence-corrected chi connectivity index (χ4v) is 6.97. The first-order valence-electron chi connectivity index (χ1n) is 9.13. The molecule has 142 valence electrons. The third-order valence-corrected chi connectivity index (χ3v) is 7.75. The molecule has 3 atom stereocenters. The number of sulfonamides is 1. The molecule has 3 aliphatic rings. The minimum atomic E-state index is -3.62. The summed E-state index contributed by atoms with van der Waals surface area (Å²) in [6.07, 6.45) is 2.25. The lowest BCUT2D eigenvalue weighted by Gasteiger charge is -2.39. The predicted octanol–water partition coefficient (Wildman–Crippen LogP) is 3.00. The molecule has 1 aliphatic carbocycles. The molecule has 2 fully saturated rings. The molecule has 0 spiro atoms. The zero-order chi connectivity index (χ0) is 18.9. The maximum Gasteiger partial charge on any atom is 0.265 e. The van der Waals surface area contributed by atoms with Crippen LogP contribution in [-0.4, -0.2) is 37.3 Å². The summed E-state index contributed by atoms with van der Waals surface area (Å²) < 4.78 is 33.9. The Balaban J connectivity index is 1.68. The van der Waals surface area contributed by atoms with Crippen molar-refractivity contribution >= 4 is 21.6 Å². The van der Waals surface area contributed by atoms with E-state index < -0.39 is 16.1 Å². The van der Waals surface area contributed by atoms with Crippen LogP contribution in [0.5, 0.6) is 5.75 Å². The molecule has 0 aromatic heterocycles. The van der Waals surface area contributed by atoms with E-state index in [4.69, 9.17) is 4.74 Å². The van der Waals surface area contributed by atoms with Gasteiger partial charge in [-0.05, 0) is 55.2 Å². The molecule has 26 heavy (non-hydrogen) atoms. The smallest absolute Gasteiger partial charge is 0.265 e. The van der Waals surface area contributed by atoms with Crippen molar-refractivity contribution in [2.24, 2.45) is 10.8 Å². The van der Waals surface area contributed by atoms with Crippen LogP contribution in [0.1, 0.15) is 47.0 Å². The fraction of sp³-hybridized carbons (Fsp3) is 0.632. The maximum absolute atomic E-state index is 13.3. The first kappa shape index (κ1) is 17.8. The summed E-state index contributed by atoms with van der Waals surface area (Å²) in [5.74, 6) is 0.239.